The first kappa shape index (κ1) is 13.0. The van der Waals surface area contributed by atoms with Gasteiger partial charge in [-0.1, -0.05) is 33.6 Å². The summed E-state index contributed by atoms with van der Waals surface area (Å²) in [5.74, 6) is -0.0875. The van der Waals surface area contributed by atoms with E-state index in [-0.39, 0.29) is 5.91 Å². The molecule has 5 nitrogen and oxygen atoms in total. The van der Waals surface area contributed by atoms with Crippen LogP contribution < -0.4 is 5.32 Å². The highest BCUT2D eigenvalue weighted by atomic mass is 79.9. The van der Waals surface area contributed by atoms with E-state index in [1.807, 2.05) is 0 Å². The lowest BCUT2D eigenvalue weighted by Crippen LogP contribution is -2.14. The predicted molar refractivity (Wildman–Crippen MR) is 73.4 cm³/mol. The fraction of sp³-hybridized carbons (Fsp3) is 0.182. The summed E-state index contributed by atoms with van der Waals surface area (Å²) in [5.41, 5.74) is 1.22. The third-order valence-electron chi connectivity index (χ3n) is 2.23. The van der Waals surface area contributed by atoms with Crippen molar-refractivity contribution < 1.29 is 4.79 Å². The first-order valence-corrected chi connectivity index (χ1v) is 6.71. The first-order valence-electron chi connectivity index (χ1n) is 5.21. The van der Waals surface area contributed by atoms with Gasteiger partial charge in [0, 0.05) is 11.8 Å². The highest BCUT2D eigenvalue weighted by molar-refractivity contribution is 9.09. The molecule has 0 unspecified atom stereocenters. The molecule has 0 atom stereocenters. The highest BCUT2D eigenvalue weighted by Gasteiger charge is 2.12. The fourth-order valence-electron chi connectivity index (χ4n) is 1.47. The van der Waals surface area contributed by atoms with Crippen molar-refractivity contribution >= 4 is 39.1 Å². The summed E-state index contributed by atoms with van der Waals surface area (Å²) in [7, 11) is 0. The first-order chi connectivity index (χ1) is 8.72. The minimum Gasteiger partial charge on any atom is -0.324 e. The summed E-state index contributed by atoms with van der Waals surface area (Å²) in [6, 6.07) is 5.28. The molecule has 0 aliphatic heterocycles. The number of aromatic nitrogens is 3. The van der Waals surface area contributed by atoms with Gasteiger partial charge < -0.3 is 5.32 Å². The zero-order valence-corrected chi connectivity index (χ0v) is 11.6. The Morgan fingerprint density at radius 2 is 2.33 bits per heavy atom. The molecule has 0 aliphatic carbocycles. The van der Waals surface area contributed by atoms with Crippen molar-refractivity contribution in [3.63, 3.8) is 0 Å². The van der Waals surface area contributed by atoms with Crippen LogP contribution in [0.5, 0.6) is 0 Å². The number of hydrogen-bond acceptors (Lipinski definition) is 3. The van der Waals surface area contributed by atoms with Gasteiger partial charge in [-0.3, -0.25) is 4.79 Å². The Labute approximate surface area is 117 Å². The van der Waals surface area contributed by atoms with Crippen LogP contribution in [0.2, 0.25) is 5.02 Å². The van der Waals surface area contributed by atoms with Crippen molar-refractivity contribution in [2.75, 3.05) is 10.6 Å². The predicted octanol–water partition coefficient (Wildman–Crippen LogP) is 2.64. The van der Waals surface area contributed by atoms with Crippen molar-refractivity contribution in [2.45, 2.75) is 6.42 Å². The highest BCUT2D eigenvalue weighted by Crippen LogP contribution is 2.27. The van der Waals surface area contributed by atoms with Crippen LogP contribution in [-0.2, 0) is 4.79 Å². The maximum atomic E-state index is 11.6. The Morgan fingerprint density at radius 1 is 1.50 bits per heavy atom. The van der Waals surface area contributed by atoms with Gasteiger partial charge in [0.1, 0.15) is 18.3 Å². The van der Waals surface area contributed by atoms with Gasteiger partial charge in [-0.25, -0.2) is 9.67 Å². The number of amides is 1. The molecule has 1 N–H and O–H groups in total. The van der Waals surface area contributed by atoms with Crippen LogP contribution >= 0.6 is 27.5 Å². The van der Waals surface area contributed by atoms with Crippen LogP contribution in [0.25, 0.3) is 5.69 Å². The quantitative estimate of drug-likeness (QED) is 0.877. The zero-order valence-electron chi connectivity index (χ0n) is 9.31. The largest absolute Gasteiger partial charge is 0.324 e. The fourth-order valence-corrected chi connectivity index (χ4v) is 2.09. The van der Waals surface area contributed by atoms with Crippen molar-refractivity contribution in [1.29, 1.82) is 0 Å². The minimum absolute atomic E-state index is 0.0875. The lowest BCUT2D eigenvalue weighted by molar-refractivity contribution is -0.115. The van der Waals surface area contributed by atoms with E-state index in [1.165, 1.54) is 17.3 Å². The van der Waals surface area contributed by atoms with Crippen LogP contribution in [0, 0.1) is 0 Å². The molecule has 0 bridgehead atoms. The molecule has 1 heterocycles. The SMILES string of the molecule is O=C(CCBr)Nc1cccc(Cl)c1-n1cncn1. The average Bonchev–Trinajstić information content (AvgIpc) is 2.82. The zero-order chi connectivity index (χ0) is 13.0. The molecule has 1 amide bonds. The van der Waals surface area contributed by atoms with Gasteiger partial charge in [-0.2, -0.15) is 5.10 Å². The van der Waals surface area contributed by atoms with E-state index in [0.29, 0.717) is 28.1 Å². The van der Waals surface area contributed by atoms with Gasteiger partial charge in [0.25, 0.3) is 0 Å². The molecule has 2 aromatic rings. The van der Waals surface area contributed by atoms with E-state index in [0.717, 1.165) is 0 Å². The standard InChI is InChI=1S/C11H10BrClN4O/c12-5-4-10(18)16-9-3-1-2-8(13)11(9)17-7-14-6-15-17/h1-3,6-7H,4-5H2,(H,16,18). The monoisotopic (exact) mass is 328 g/mol. The van der Waals surface area contributed by atoms with E-state index in [4.69, 9.17) is 11.6 Å². The maximum absolute atomic E-state index is 11.6. The van der Waals surface area contributed by atoms with E-state index in [2.05, 4.69) is 31.3 Å². The van der Waals surface area contributed by atoms with Gasteiger partial charge in [0.2, 0.25) is 5.91 Å². The second-order valence-electron chi connectivity index (χ2n) is 3.46. The summed E-state index contributed by atoms with van der Waals surface area (Å²) in [6.45, 7) is 0. The lowest BCUT2D eigenvalue weighted by Gasteiger charge is -2.11. The summed E-state index contributed by atoms with van der Waals surface area (Å²) in [5, 5.41) is 7.93. The number of alkyl halides is 1. The molecule has 7 heteroatoms. The maximum Gasteiger partial charge on any atom is 0.225 e. The van der Waals surface area contributed by atoms with E-state index in [1.54, 1.807) is 18.2 Å². The number of nitrogens with zero attached hydrogens (tertiary/aromatic N) is 3. The number of benzene rings is 1. The van der Waals surface area contributed by atoms with Crippen LogP contribution in [0.1, 0.15) is 6.42 Å². The summed E-state index contributed by atoms with van der Waals surface area (Å²) < 4.78 is 1.52. The van der Waals surface area contributed by atoms with Gasteiger partial charge >= 0.3 is 0 Å². The van der Waals surface area contributed by atoms with Gasteiger partial charge in [0.15, 0.2) is 0 Å². The summed E-state index contributed by atoms with van der Waals surface area (Å²) >= 11 is 9.35. The number of carbonyl (C=O) groups is 1. The molecule has 18 heavy (non-hydrogen) atoms. The van der Waals surface area contributed by atoms with Crippen LogP contribution in [0.15, 0.2) is 30.9 Å². The number of rotatable bonds is 4. The van der Waals surface area contributed by atoms with Crippen LogP contribution in [-0.4, -0.2) is 26.0 Å². The Balaban J connectivity index is 2.36. The Kier molecular flexibility index (Phi) is 4.33. The van der Waals surface area contributed by atoms with Crippen molar-refractivity contribution in [3.8, 4) is 5.69 Å². The number of hydrogen-bond donors (Lipinski definition) is 1. The molecule has 0 radical (unpaired) electrons. The van der Waals surface area contributed by atoms with E-state index in [9.17, 15) is 4.79 Å². The molecule has 0 saturated carbocycles. The Bertz CT molecular complexity index is 544. The van der Waals surface area contributed by atoms with Crippen LogP contribution in [0.4, 0.5) is 5.69 Å². The molecule has 2 rings (SSSR count). The van der Waals surface area contributed by atoms with Gasteiger partial charge in [-0.15, -0.1) is 0 Å². The third-order valence-corrected chi connectivity index (χ3v) is 2.93. The normalized spacial score (nSPS) is 10.3. The van der Waals surface area contributed by atoms with E-state index >= 15 is 0 Å². The molecule has 0 spiro atoms. The summed E-state index contributed by atoms with van der Waals surface area (Å²) in [6.07, 6.45) is 3.33. The molecule has 94 valence electrons. The van der Waals surface area contributed by atoms with Crippen molar-refractivity contribution in [2.24, 2.45) is 0 Å². The molecule has 1 aromatic carbocycles. The topological polar surface area (TPSA) is 59.8 Å². The summed E-state index contributed by atoms with van der Waals surface area (Å²) in [4.78, 5) is 15.5. The van der Waals surface area contributed by atoms with Crippen LogP contribution in [0.3, 0.4) is 0 Å². The Morgan fingerprint density at radius 3 is 3.00 bits per heavy atom. The molecule has 0 aliphatic rings. The number of carbonyl (C=O) groups excluding carboxylic acids is 1. The minimum atomic E-state index is -0.0875. The second-order valence-corrected chi connectivity index (χ2v) is 4.66. The molecule has 1 aromatic heterocycles. The molecule has 0 fully saturated rings. The molecular formula is C11H10BrClN4O. The third kappa shape index (κ3) is 2.88. The molecular weight excluding hydrogens is 320 g/mol. The van der Waals surface area contributed by atoms with Crippen molar-refractivity contribution in [3.05, 3.63) is 35.9 Å². The lowest BCUT2D eigenvalue weighted by atomic mass is 10.2. The number of anilines is 1. The van der Waals surface area contributed by atoms with Gasteiger partial charge in [0.05, 0.1) is 10.7 Å². The average molecular weight is 330 g/mol. The molecule has 0 saturated heterocycles. The second kappa shape index (κ2) is 5.97. The van der Waals surface area contributed by atoms with E-state index < -0.39 is 0 Å². The number of para-hydroxylation sites is 1. The van der Waals surface area contributed by atoms with Crippen molar-refractivity contribution in [1.82, 2.24) is 14.8 Å². The Hall–Kier alpha value is -1.40. The number of halogens is 2. The smallest absolute Gasteiger partial charge is 0.225 e. The van der Waals surface area contributed by atoms with Gasteiger partial charge in [-0.05, 0) is 12.1 Å². The number of nitrogens with one attached hydrogen (secondary N) is 1.